The molecule has 2 aromatic heterocycles. The van der Waals surface area contributed by atoms with Crippen molar-refractivity contribution >= 4 is 27.2 Å². The molecule has 2 heterocycles. The normalized spacial score (nSPS) is 12.2. The number of para-hydroxylation sites is 1. The van der Waals surface area contributed by atoms with Gasteiger partial charge in [-0.05, 0) is 38.1 Å². The van der Waals surface area contributed by atoms with Crippen LogP contribution in [0, 0.1) is 0 Å². The third-order valence-electron chi connectivity index (χ3n) is 3.11. The molecular formula is C16H15N3OS. The number of rotatable bonds is 2. The molecule has 0 aliphatic heterocycles. The zero-order valence-corrected chi connectivity index (χ0v) is 12.7. The molecule has 0 saturated carbocycles. The van der Waals surface area contributed by atoms with E-state index in [0.717, 1.165) is 5.69 Å². The molecule has 0 atom stereocenters. The van der Waals surface area contributed by atoms with Crippen molar-refractivity contribution in [2.75, 3.05) is 0 Å². The van der Waals surface area contributed by atoms with Crippen molar-refractivity contribution < 1.29 is 0 Å². The Kier molecular flexibility index (Phi) is 3.66. The summed E-state index contributed by atoms with van der Waals surface area (Å²) in [5, 5.41) is 0.642. The van der Waals surface area contributed by atoms with Gasteiger partial charge in [0, 0.05) is 12.2 Å². The highest BCUT2D eigenvalue weighted by atomic mass is 32.1. The van der Waals surface area contributed by atoms with E-state index >= 15 is 0 Å². The molecule has 21 heavy (non-hydrogen) atoms. The predicted molar refractivity (Wildman–Crippen MR) is 85.9 cm³/mol. The first-order chi connectivity index (χ1) is 10.2. The van der Waals surface area contributed by atoms with E-state index < -0.39 is 0 Å². The molecule has 0 radical (unpaired) electrons. The van der Waals surface area contributed by atoms with Crippen LogP contribution in [0.25, 0.3) is 10.2 Å². The quantitative estimate of drug-likeness (QED) is 0.729. The van der Waals surface area contributed by atoms with Gasteiger partial charge in [-0.1, -0.05) is 29.5 Å². The Hall–Kier alpha value is -2.27. The topological polar surface area (TPSA) is 47.2 Å². The average Bonchev–Trinajstić information content (AvgIpc) is 2.48. The fraction of sp³-hybridized carbons (Fsp3) is 0.188. The SMILES string of the molecule is CC(C)n1c(=O)c2cccnc2s/c1=N\c1ccccc1. The maximum absolute atomic E-state index is 12.7. The van der Waals surface area contributed by atoms with Gasteiger partial charge in [-0.3, -0.25) is 9.36 Å². The molecule has 3 aromatic rings. The van der Waals surface area contributed by atoms with Gasteiger partial charge in [0.15, 0.2) is 4.80 Å². The maximum Gasteiger partial charge on any atom is 0.263 e. The number of fused-ring (bicyclic) bond motifs is 1. The van der Waals surface area contributed by atoms with Gasteiger partial charge in [0.05, 0.1) is 11.1 Å². The molecule has 0 bridgehead atoms. The third-order valence-corrected chi connectivity index (χ3v) is 4.10. The summed E-state index contributed by atoms with van der Waals surface area (Å²) in [6, 6.07) is 13.3. The Bertz CT molecular complexity index is 895. The first-order valence-corrected chi connectivity index (χ1v) is 7.58. The lowest BCUT2D eigenvalue weighted by atomic mass is 10.3. The molecule has 0 N–H and O–H groups in total. The van der Waals surface area contributed by atoms with Crippen LogP contribution in [0.15, 0.2) is 58.4 Å². The fourth-order valence-electron chi connectivity index (χ4n) is 2.13. The van der Waals surface area contributed by atoms with Crippen LogP contribution in [0.2, 0.25) is 0 Å². The minimum absolute atomic E-state index is 0.0402. The Morgan fingerprint density at radius 2 is 1.90 bits per heavy atom. The van der Waals surface area contributed by atoms with Crippen molar-refractivity contribution in [1.82, 2.24) is 9.55 Å². The molecule has 106 valence electrons. The number of hydrogen-bond acceptors (Lipinski definition) is 4. The summed E-state index contributed by atoms with van der Waals surface area (Å²) in [5.74, 6) is 0. The Balaban J connectivity index is 2.39. The van der Waals surface area contributed by atoms with Crippen LogP contribution in [0.4, 0.5) is 5.69 Å². The van der Waals surface area contributed by atoms with E-state index in [0.29, 0.717) is 15.0 Å². The number of aromatic nitrogens is 2. The zero-order chi connectivity index (χ0) is 14.8. The second kappa shape index (κ2) is 5.61. The minimum Gasteiger partial charge on any atom is -0.281 e. The highest BCUT2D eigenvalue weighted by molar-refractivity contribution is 7.15. The first-order valence-electron chi connectivity index (χ1n) is 6.77. The molecule has 3 rings (SSSR count). The predicted octanol–water partition coefficient (Wildman–Crippen LogP) is 3.27. The average molecular weight is 297 g/mol. The molecule has 0 amide bonds. The molecule has 0 aliphatic carbocycles. The van der Waals surface area contributed by atoms with Gasteiger partial charge in [0.2, 0.25) is 0 Å². The van der Waals surface area contributed by atoms with E-state index in [4.69, 9.17) is 0 Å². The van der Waals surface area contributed by atoms with Crippen LogP contribution >= 0.6 is 11.3 Å². The summed E-state index contributed by atoms with van der Waals surface area (Å²) >= 11 is 1.44. The molecule has 0 aliphatic rings. The summed E-state index contributed by atoms with van der Waals surface area (Å²) in [6.07, 6.45) is 1.70. The molecule has 0 saturated heterocycles. The van der Waals surface area contributed by atoms with Gasteiger partial charge in [0.1, 0.15) is 4.83 Å². The number of nitrogens with zero attached hydrogens (tertiary/aromatic N) is 3. The van der Waals surface area contributed by atoms with Crippen LogP contribution in [-0.4, -0.2) is 9.55 Å². The molecule has 5 heteroatoms. The van der Waals surface area contributed by atoms with Crippen LogP contribution in [-0.2, 0) is 0 Å². The van der Waals surface area contributed by atoms with E-state index in [2.05, 4.69) is 9.98 Å². The van der Waals surface area contributed by atoms with Crippen molar-refractivity contribution in [3.63, 3.8) is 0 Å². The lowest BCUT2D eigenvalue weighted by Gasteiger charge is -2.10. The number of benzene rings is 1. The summed E-state index contributed by atoms with van der Waals surface area (Å²) in [6.45, 7) is 3.97. The zero-order valence-electron chi connectivity index (χ0n) is 11.9. The number of pyridine rings is 1. The van der Waals surface area contributed by atoms with Crippen LogP contribution < -0.4 is 10.4 Å². The lowest BCUT2D eigenvalue weighted by Crippen LogP contribution is -2.33. The second-order valence-electron chi connectivity index (χ2n) is 4.96. The lowest BCUT2D eigenvalue weighted by molar-refractivity contribution is 0.566. The van der Waals surface area contributed by atoms with Gasteiger partial charge in [0.25, 0.3) is 5.56 Å². The van der Waals surface area contributed by atoms with Gasteiger partial charge >= 0.3 is 0 Å². The molecular weight excluding hydrogens is 282 g/mol. The van der Waals surface area contributed by atoms with Crippen LogP contribution in [0.3, 0.4) is 0 Å². The highest BCUT2D eigenvalue weighted by Crippen LogP contribution is 2.13. The Morgan fingerprint density at radius 1 is 1.14 bits per heavy atom. The number of hydrogen-bond donors (Lipinski definition) is 0. The van der Waals surface area contributed by atoms with Gasteiger partial charge in [-0.15, -0.1) is 0 Å². The van der Waals surface area contributed by atoms with Gasteiger partial charge in [-0.25, -0.2) is 9.98 Å². The maximum atomic E-state index is 12.7. The minimum atomic E-state index is -0.0402. The Labute approximate surface area is 126 Å². The van der Waals surface area contributed by atoms with Crippen molar-refractivity contribution in [1.29, 1.82) is 0 Å². The summed E-state index contributed by atoms with van der Waals surface area (Å²) < 4.78 is 1.72. The van der Waals surface area contributed by atoms with E-state index in [1.54, 1.807) is 16.8 Å². The van der Waals surface area contributed by atoms with E-state index in [1.165, 1.54) is 11.3 Å². The van der Waals surface area contributed by atoms with Crippen molar-refractivity contribution in [3.05, 3.63) is 63.8 Å². The van der Waals surface area contributed by atoms with E-state index in [-0.39, 0.29) is 11.6 Å². The molecule has 0 unspecified atom stereocenters. The fourth-order valence-corrected chi connectivity index (χ4v) is 3.23. The third kappa shape index (κ3) is 2.64. The van der Waals surface area contributed by atoms with E-state index in [1.807, 2.05) is 50.2 Å². The largest absolute Gasteiger partial charge is 0.281 e. The van der Waals surface area contributed by atoms with Crippen molar-refractivity contribution in [3.8, 4) is 0 Å². The summed E-state index contributed by atoms with van der Waals surface area (Å²) in [7, 11) is 0. The molecule has 1 aromatic carbocycles. The summed E-state index contributed by atoms with van der Waals surface area (Å²) in [4.78, 5) is 22.9. The van der Waals surface area contributed by atoms with Gasteiger partial charge in [-0.2, -0.15) is 0 Å². The first kappa shape index (κ1) is 13.7. The second-order valence-corrected chi connectivity index (χ2v) is 5.91. The van der Waals surface area contributed by atoms with Crippen molar-refractivity contribution in [2.45, 2.75) is 19.9 Å². The smallest absolute Gasteiger partial charge is 0.263 e. The molecule has 4 nitrogen and oxygen atoms in total. The van der Waals surface area contributed by atoms with Crippen LogP contribution in [0.1, 0.15) is 19.9 Å². The molecule has 0 spiro atoms. The van der Waals surface area contributed by atoms with Crippen molar-refractivity contribution in [2.24, 2.45) is 4.99 Å². The van der Waals surface area contributed by atoms with E-state index in [9.17, 15) is 4.79 Å². The van der Waals surface area contributed by atoms with Gasteiger partial charge < -0.3 is 0 Å². The summed E-state index contributed by atoms with van der Waals surface area (Å²) in [5.41, 5.74) is 0.791. The Morgan fingerprint density at radius 3 is 2.62 bits per heavy atom. The monoisotopic (exact) mass is 297 g/mol. The highest BCUT2D eigenvalue weighted by Gasteiger charge is 2.10. The van der Waals surface area contributed by atoms with Crippen LogP contribution in [0.5, 0.6) is 0 Å². The standard InChI is InChI=1S/C16H15N3OS/c1-11(2)19-15(20)13-9-6-10-17-14(13)21-16(19)18-12-7-4-3-5-8-12/h3-11H,1-2H3/b18-16-. The molecule has 0 fully saturated rings.